The molecule has 2 N–H and O–H groups in total. The highest BCUT2D eigenvalue weighted by Crippen LogP contribution is 2.44. The lowest BCUT2D eigenvalue weighted by Gasteiger charge is -2.17. The zero-order valence-corrected chi connectivity index (χ0v) is 15.5. The maximum atomic E-state index is 12.3. The van der Waals surface area contributed by atoms with Crippen LogP contribution < -0.4 is 5.32 Å². The van der Waals surface area contributed by atoms with E-state index in [1.54, 1.807) is 6.07 Å². The van der Waals surface area contributed by atoms with E-state index >= 15 is 0 Å². The molecular weight excluding hydrogens is 370 g/mol. The molecule has 29 heavy (non-hydrogen) atoms. The fourth-order valence-electron chi connectivity index (χ4n) is 3.63. The van der Waals surface area contributed by atoms with Gasteiger partial charge < -0.3 is 15.2 Å². The third kappa shape index (κ3) is 3.94. The largest absolute Gasteiger partial charge is 0.480 e. The number of carbonyl (C=O) groups is 2. The normalized spacial score (nSPS) is 13.2. The summed E-state index contributed by atoms with van der Waals surface area (Å²) >= 11 is 0. The Morgan fingerprint density at radius 1 is 1.03 bits per heavy atom. The lowest BCUT2D eigenvalue weighted by molar-refractivity contribution is -0.139. The Morgan fingerprint density at radius 2 is 1.69 bits per heavy atom. The molecule has 1 aliphatic carbocycles. The topological polar surface area (TPSA) is 101 Å². The van der Waals surface area contributed by atoms with Crippen LogP contribution in [0.25, 0.3) is 11.1 Å². The number of alkyl carbamates (subject to hydrolysis) is 1. The van der Waals surface area contributed by atoms with Crippen LogP contribution in [0.2, 0.25) is 0 Å². The van der Waals surface area contributed by atoms with Gasteiger partial charge in [-0.15, -0.1) is 0 Å². The first kappa shape index (κ1) is 18.6. The zero-order chi connectivity index (χ0) is 20.2. The van der Waals surface area contributed by atoms with Crippen LogP contribution in [0.15, 0.2) is 67.1 Å². The van der Waals surface area contributed by atoms with Gasteiger partial charge in [0.2, 0.25) is 0 Å². The molecule has 0 saturated heterocycles. The number of fused-ring (bicyclic) bond motifs is 3. The average molecular weight is 389 g/mol. The van der Waals surface area contributed by atoms with Crippen molar-refractivity contribution in [3.8, 4) is 11.1 Å². The summed E-state index contributed by atoms with van der Waals surface area (Å²) < 4.78 is 5.41. The Morgan fingerprint density at radius 3 is 2.28 bits per heavy atom. The summed E-state index contributed by atoms with van der Waals surface area (Å²) in [4.78, 5) is 31.6. The quantitative estimate of drug-likeness (QED) is 0.672. The maximum Gasteiger partial charge on any atom is 0.407 e. The first-order chi connectivity index (χ1) is 14.1. The molecule has 0 bridgehead atoms. The number of carbonyl (C=O) groups excluding carboxylic acids is 1. The maximum absolute atomic E-state index is 12.3. The number of amides is 1. The van der Waals surface area contributed by atoms with Gasteiger partial charge in [-0.1, -0.05) is 48.5 Å². The molecule has 1 aliphatic rings. The minimum Gasteiger partial charge on any atom is -0.480 e. The van der Waals surface area contributed by atoms with Gasteiger partial charge in [0.25, 0.3) is 0 Å². The molecule has 7 heteroatoms. The predicted molar refractivity (Wildman–Crippen MR) is 105 cm³/mol. The van der Waals surface area contributed by atoms with Gasteiger partial charge >= 0.3 is 12.1 Å². The number of aromatic nitrogens is 2. The van der Waals surface area contributed by atoms with Gasteiger partial charge in [-0.25, -0.2) is 19.6 Å². The second kappa shape index (κ2) is 8.10. The lowest BCUT2D eigenvalue weighted by Crippen LogP contribution is -2.43. The van der Waals surface area contributed by atoms with Gasteiger partial charge in [0.1, 0.15) is 19.0 Å². The molecule has 1 amide bonds. The second-order valence-corrected chi connectivity index (χ2v) is 6.77. The van der Waals surface area contributed by atoms with Gasteiger partial charge in [0.15, 0.2) is 0 Å². The summed E-state index contributed by atoms with van der Waals surface area (Å²) in [5.41, 5.74) is 4.97. The number of carboxylic acids is 1. The molecule has 146 valence electrons. The highest BCUT2D eigenvalue weighted by Gasteiger charge is 2.29. The number of ether oxygens (including phenoxy) is 1. The highest BCUT2D eigenvalue weighted by atomic mass is 16.5. The van der Waals surface area contributed by atoms with Crippen LogP contribution in [0, 0.1) is 0 Å². The van der Waals surface area contributed by atoms with Crippen molar-refractivity contribution >= 4 is 12.1 Å². The molecule has 3 aromatic rings. The highest BCUT2D eigenvalue weighted by molar-refractivity contribution is 5.81. The Kier molecular flexibility index (Phi) is 5.20. The van der Waals surface area contributed by atoms with Crippen LogP contribution in [0.3, 0.4) is 0 Å². The molecule has 1 heterocycles. The van der Waals surface area contributed by atoms with Crippen molar-refractivity contribution < 1.29 is 19.4 Å². The number of nitrogens with one attached hydrogen (secondary N) is 1. The summed E-state index contributed by atoms with van der Waals surface area (Å²) in [6.45, 7) is 0.125. The van der Waals surface area contributed by atoms with Gasteiger partial charge in [0.05, 0.1) is 0 Å². The first-order valence-corrected chi connectivity index (χ1v) is 9.22. The standard InChI is InChI=1S/C22H19N3O4/c26-21(27)20(11-14-9-10-23-13-24-14)25-22(28)29-12-19-17-7-3-1-5-15(17)16-6-2-4-8-18(16)19/h1-10,13,19-20H,11-12H2,(H,25,28)(H,26,27). The van der Waals surface area contributed by atoms with Crippen LogP contribution in [0.4, 0.5) is 4.79 Å². The van der Waals surface area contributed by atoms with Crippen molar-refractivity contribution in [3.63, 3.8) is 0 Å². The van der Waals surface area contributed by atoms with Gasteiger partial charge in [0, 0.05) is 24.2 Å². The van der Waals surface area contributed by atoms with Crippen molar-refractivity contribution in [1.82, 2.24) is 15.3 Å². The molecule has 0 aliphatic heterocycles. The molecule has 1 atom stereocenters. The second-order valence-electron chi connectivity index (χ2n) is 6.77. The van der Waals surface area contributed by atoms with E-state index in [0.29, 0.717) is 5.69 Å². The van der Waals surface area contributed by atoms with Crippen molar-refractivity contribution in [2.75, 3.05) is 6.61 Å². The fourth-order valence-corrected chi connectivity index (χ4v) is 3.63. The third-order valence-electron chi connectivity index (χ3n) is 4.99. The van der Waals surface area contributed by atoms with Crippen molar-refractivity contribution in [1.29, 1.82) is 0 Å². The average Bonchev–Trinajstić information content (AvgIpc) is 3.06. The van der Waals surface area contributed by atoms with E-state index in [9.17, 15) is 14.7 Å². The van der Waals surface area contributed by atoms with Crippen LogP contribution in [-0.4, -0.2) is 39.8 Å². The monoisotopic (exact) mass is 389 g/mol. The van der Waals surface area contributed by atoms with E-state index in [-0.39, 0.29) is 18.9 Å². The van der Waals surface area contributed by atoms with E-state index < -0.39 is 18.1 Å². The number of hydrogen-bond acceptors (Lipinski definition) is 5. The molecule has 4 rings (SSSR count). The summed E-state index contributed by atoms with van der Waals surface area (Å²) in [5.74, 6) is -1.24. The predicted octanol–water partition coefficient (Wildman–Crippen LogP) is 3.01. The zero-order valence-electron chi connectivity index (χ0n) is 15.5. The lowest BCUT2D eigenvalue weighted by atomic mass is 9.98. The van der Waals surface area contributed by atoms with Crippen molar-refractivity contribution in [2.45, 2.75) is 18.4 Å². The minimum atomic E-state index is -1.16. The van der Waals surface area contributed by atoms with E-state index in [4.69, 9.17) is 4.74 Å². The number of aliphatic carboxylic acids is 1. The van der Waals surface area contributed by atoms with Gasteiger partial charge in [-0.2, -0.15) is 0 Å². The first-order valence-electron chi connectivity index (χ1n) is 9.22. The molecule has 1 unspecified atom stereocenters. The van der Waals surface area contributed by atoms with E-state index in [1.165, 1.54) is 12.5 Å². The van der Waals surface area contributed by atoms with E-state index in [0.717, 1.165) is 22.3 Å². The molecule has 0 radical (unpaired) electrons. The molecule has 1 aromatic heterocycles. The van der Waals surface area contributed by atoms with Crippen LogP contribution in [0.5, 0.6) is 0 Å². The molecule has 0 fully saturated rings. The molecule has 2 aromatic carbocycles. The Balaban J connectivity index is 1.43. The Hall–Kier alpha value is -3.74. The van der Waals surface area contributed by atoms with Gasteiger partial charge in [-0.3, -0.25) is 0 Å². The van der Waals surface area contributed by atoms with Crippen LogP contribution in [-0.2, 0) is 16.0 Å². The number of nitrogens with zero attached hydrogens (tertiary/aromatic N) is 2. The third-order valence-corrected chi connectivity index (χ3v) is 4.99. The van der Waals surface area contributed by atoms with Crippen LogP contribution >= 0.6 is 0 Å². The fraction of sp³-hybridized carbons (Fsp3) is 0.182. The molecule has 7 nitrogen and oxygen atoms in total. The summed E-state index contributed by atoms with van der Waals surface area (Å²) in [5, 5.41) is 11.8. The molecular formula is C22H19N3O4. The van der Waals surface area contributed by atoms with Crippen molar-refractivity contribution in [2.24, 2.45) is 0 Å². The molecule has 0 saturated carbocycles. The van der Waals surface area contributed by atoms with Crippen LogP contribution in [0.1, 0.15) is 22.7 Å². The number of hydrogen-bond donors (Lipinski definition) is 2. The SMILES string of the molecule is O=C(NC(Cc1ccncn1)C(=O)O)OCC1c2ccccc2-c2ccccc21. The smallest absolute Gasteiger partial charge is 0.407 e. The van der Waals surface area contributed by atoms with E-state index in [1.807, 2.05) is 36.4 Å². The summed E-state index contributed by atoms with van der Waals surface area (Å²) in [7, 11) is 0. The van der Waals surface area contributed by atoms with Crippen molar-refractivity contribution in [3.05, 3.63) is 83.9 Å². The summed E-state index contributed by atoms with van der Waals surface area (Å²) in [6.07, 6.45) is 2.13. The van der Waals surface area contributed by atoms with Gasteiger partial charge in [-0.05, 0) is 28.3 Å². The minimum absolute atomic E-state index is 0.0437. The molecule has 0 spiro atoms. The van der Waals surface area contributed by atoms with E-state index in [2.05, 4.69) is 27.4 Å². The number of benzene rings is 2. The number of carboxylic acid groups (broad SMARTS) is 1. The Bertz CT molecular complexity index is 993. The Labute approximate surface area is 167 Å². The summed E-state index contributed by atoms with van der Waals surface area (Å²) in [6, 6.07) is 16.5. The number of rotatable bonds is 6.